The Morgan fingerprint density at radius 1 is 0.738 bits per heavy atom. The second kappa shape index (κ2) is 16.3. The number of carbonyl (C=O) groups is 3. The summed E-state index contributed by atoms with van der Waals surface area (Å²) in [5.41, 5.74) is 6.29. The molecule has 3 aliphatic rings. The molecule has 1 saturated carbocycles. The lowest BCUT2D eigenvalue weighted by molar-refractivity contribution is -0.113. The molecule has 3 nitrogen and oxygen atoms in total. The molecular weight excluding hydrogens is 516 g/mol. The third-order valence-corrected chi connectivity index (χ3v) is 9.26. The fourth-order valence-electron chi connectivity index (χ4n) is 6.69. The molecule has 0 spiro atoms. The Kier molecular flexibility index (Phi) is 14.6. The van der Waals surface area contributed by atoms with Crippen molar-refractivity contribution in [2.45, 2.75) is 128 Å². The molecule has 0 saturated heterocycles. The van der Waals surface area contributed by atoms with Crippen molar-refractivity contribution < 1.29 is 14.4 Å². The van der Waals surface area contributed by atoms with E-state index in [0.717, 1.165) is 6.42 Å². The van der Waals surface area contributed by atoms with Gasteiger partial charge >= 0.3 is 0 Å². The van der Waals surface area contributed by atoms with Crippen molar-refractivity contribution in [3.63, 3.8) is 0 Å². The molecular formula is C39H60O3. The fraction of sp³-hybridized carbons (Fsp3) is 0.615. The first-order valence-electron chi connectivity index (χ1n) is 15.9. The molecule has 234 valence electrons. The Morgan fingerprint density at radius 3 is 1.71 bits per heavy atom. The zero-order valence-corrected chi connectivity index (χ0v) is 28.8. The van der Waals surface area contributed by atoms with E-state index in [-0.39, 0.29) is 28.2 Å². The van der Waals surface area contributed by atoms with Gasteiger partial charge in [-0.3, -0.25) is 14.4 Å². The van der Waals surface area contributed by atoms with Crippen LogP contribution in [0.5, 0.6) is 0 Å². The summed E-state index contributed by atoms with van der Waals surface area (Å²) in [5, 5.41) is 0. The maximum atomic E-state index is 10.9. The normalized spacial score (nSPS) is 24.9. The van der Waals surface area contributed by atoms with Gasteiger partial charge in [0, 0.05) is 11.8 Å². The van der Waals surface area contributed by atoms with E-state index in [9.17, 15) is 14.4 Å². The van der Waals surface area contributed by atoms with E-state index < -0.39 is 0 Å². The number of rotatable bonds is 6. The van der Waals surface area contributed by atoms with Crippen molar-refractivity contribution in [3.05, 3.63) is 71.4 Å². The highest BCUT2D eigenvalue weighted by atomic mass is 16.1. The quantitative estimate of drug-likeness (QED) is 0.233. The first-order valence-corrected chi connectivity index (χ1v) is 15.9. The van der Waals surface area contributed by atoms with Crippen LogP contribution in [-0.4, -0.2) is 17.3 Å². The third kappa shape index (κ3) is 12.4. The van der Waals surface area contributed by atoms with E-state index in [1.54, 1.807) is 39.0 Å². The molecule has 0 N–H and O–H groups in total. The second-order valence-corrected chi connectivity index (χ2v) is 14.7. The lowest BCUT2D eigenvalue weighted by Crippen LogP contribution is -2.28. The van der Waals surface area contributed by atoms with Crippen LogP contribution in [0.2, 0.25) is 0 Å². The van der Waals surface area contributed by atoms with Gasteiger partial charge in [-0.2, -0.15) is 0 Å². The maximum Gasteiger partial charge on any atom is 0.152 e. The number of hydrogen-bond donors (Lipinski definition) is 0. The Hall–Kier alpha value is -2.55. The predicted octanol–water partition coefficient (Wildman–Crippen LogP) is 10.7. The van der Waals surface area contributed by atoms with Gasteiger partial charge < -0.3 is 0 Å². The van der Waals surface area contributed by atoms with Crippen LogP contribution >= 0.6 is 0 Å². The Labute approximate surface area is 258 Å². The van der Waals surface area contributed by atoms with Gasteiger partial charge in [-0.1, -0.05) is 89.1 Å². The van der Waals surface area contributed by atoms with E-state index in [4.69, 9.17) is 0 Å². The van der Waals surface area contributed by atoms with Crippen molar-refractivity contribution >= 4 is 17.3 Å². The second-order valence-electron chi connectivity index (χ2n) is 14.7. The van der Waals surface area contributed by atoms with Crippen molar-refractivity contribution in [1.29, 1.82) is 0 Å². The van der Waals surface area contributed by atoms with E-state index >= 15 is 0 Å². The minimum absolute atomic E-state index is 0.124. The molecule has 0 aliphatic heterocycles. The lowest BCUT2D eigenvalue weighted by atomic mass is 9.67. The molecule has 3 heteroatoms. The number of hydrogen-bond acceptors (Lipinski definition) is 3. The first kappa shape index (κ1) is 37.5. The van der Waals surface area contributed by atoms with Crippen LogP contribution in [0.3, 0.4) is 0 Å². The fourth-order valence-corrected chi connectivity index (χ4v) is 6.69. The molecule has 0 aromatic carbocycles. The third-order valence-electron chi connectivity index (χ3n) is 9.26. The molecule has 1 fully saturated rings. The summed E-state index contributed by atoms with van der Waals surface area (Å²) in [4.78, 5) is 32.7. The van der Waals surface area contributed by atoms with E-state index in [2.05, 4.69) is 74.1 Å². The van der Waals surface area contributed by atoms with Crippen molar-refractivity contribution in [2.24, 2.45) is 28.1 Å². The Balaban J connectivity index is 0.000000315. The summed E-state index contributed by atoms with van der Waals surface area (Å²) < 4.78 is 0. The molecule has 3 aliphatic carbocycles. The molecule has 0 radical (unpaired) electrons. The van der Waals surface area contributed by atoms with Crippen LogP contribution in [0.1, 0.15) is 128 Å². The maximum absolute atomic E-state index is 10.9. The smallest absolute Gasteiger partial charge is 0.152 e. The predicted molar refractivity (Wildman–Crippen MR) is 180 cm³/mol. The monoisotopic (exact) mass is 576 g/mol. The van der Waals surface area contributed by atoms with Gasteiger partial charge in [0.15, 0.2) is 17.3 Å². The van der Waals surface area contributed by atoms with Gasteiger partial charge in [-0.05, 0) is 126 Å². The van der Waals surface area contributed by atoms with Crippen LogP contribution in [0.15, 0.2) is 71.4 Å². The largest absolute Gasteiger partial charge is 0.295 e. The Bertz CT molecular complexity index is 1130. The Morgan fingerprint density at radius 2 is 1.24 bits per heavy atom. The van der Waals surface area contributed by atoms with Crippen LogP contribution in [0.4, 0.5) is 0 Å². The average molecular weight is 577 g/mol. The molecule has 0 bridgehead atoms. The molecule has 0 heterocycles. The molecule has 0 aromatic heterocycles. The minimum atomic E-state index is 0.124. The van der Waals surface area contributed by atoms with Gasteiger partial charge in [0.25, 0.3) is 0 Å². The molecule has 0 amide bonds. The summed E-state index contributed by atoms with van der Waals surface area (Å²) >= 11 is 0. The topological polar surface area (TPSA) is 51.2 Å². The molecule has 0 aromatic rings. The number of allylic oxidation sites excluding steroid dienone is 11. The molecule has 2 unspecified atom stereocenters. The number of ketones is 3. The highest BCUT2D eigenvalue weighted by Gasteiger charge is 2.33. The average Bonchev–Trinajstić information content (AvgIpc) is 2.82. The zero-order valence-electron chi connectivity index (χ0n) is 28.8. The van der Waals surface area contributed by atoms with Gasteiger partial charge in [0.05, 0.1) is 0 Å². The summed E-state index contributed by atoms with van der Waals surface area (Å²) in [5.74, 6) is 1.20. The van der Waals surface area contributed by atoms with Gasteiger partial charge in [-0.25, -0.2) is 0 Å². The standard InChI is InChI=1S/3C13H20O/c3*1-10-6-5-9-13(3,4)12(10)8-7-11(2)14/h7-8H,5-6,9H2,1-4H3;6-8,12H,5,9H2,1-4H3;7-8,12H,1,5-6,9H2,2-4H3/b3*8-7+. The summed E-state index contributed by atoms with van der Waals surface area (Å²) in [7, 11) is 0. The zero-order chi connectivity index (χ0) is 32.3. The van der Waals surface area contributed by atoms with Crippen LogP contribution in [0, 0.1) is 28.1 Å². The highest BCUT2D eigenvalue weighted by Crippen LogP contribution is 2.44. The summed E-state index contributed by atoms with van der Waals surface area (Å²) in [6, 6.07) is 0. The van der Waals surface area contributed by atoms with Crippen molar-refractivity contribution in [2.75, 3.05) is 0 Å². The summed E-state index contributed by atoms with van der Waals surface area (Å²) in [6.07, 6.45) is 23.1. The van der Waals surface area contributed by atoms with Crippen molar-refractivity contribution in [3.8, 4) is 0 Å². The minimum Gasteiger partial charge on any atom is -0.295 e. The van der Waals surface area contributed by atoms with Crippen LogP contribution < -0.4 is 0 Å². The van der Waals surface area contributed by atoms with Gasteiger partial charge in [0.1, 0.15) is 0 Å². The van der Waals surface area contributed by atoms with E-state index in [0.29, 0.717) is 17.3 Å². The lowest BCUT2D eigenvalue weighted by Gasteiger charge is -2.38. The highest BCUT2D eigenvalue weighted by molar-refractivity contribution is 5.88. The summed E-state index contributed by atoms with van der Waals surface area (Å²) in [6.45, 7) is 26.8. The SMILES string of the molecule is C=C1CCCC(C)(C)C1/C=C/C(C)=O.CC(=O)/C=C/C1=C(C)CCCC1(C)C.CC(=O)/C=C/C1C(C)=CCCC1(C)C. The van der Waals surface area contributed by atoms with Gasteiger partial charge in [-0.15, -0.1) is 0 Å². The number of carbonyl (C=O) groups excluding carboxylic acids is 3. The first-order chi connectivity index (χ1) is 19.3. The van der Waals surface area contributed by atoms with Crippen molar-refractivity contribution in [1.82, 2.24) is 0 Å². The van der Waals surface area contributed by atoms with Crippen LogP contribution in [0.25, 0.3) is 0 Å². The molecule has 42 heavy (non-hydrogen) atoms. The van der Waals surface area contributed by atoms with E-state index in [1.807, 2.05) is 12.2 Å². The van der Waals surface area contributed by atoms with Gasteiger partial charge in [0.2, 0.25) is 0 Å². The molecule has 2 atom stereocenters. The molecule has 3 rings (SSSR count). The van der Waals surface area contributed by atoms with E-state index in [1.165, 1.54) is 67.2 Å². The van der Waals surface area contributed by atoms with Crippen LogP contribution in [-0.2, 0) is 14.4 Å².